The predicted octanol–water partition coefficient (Wildman–Crippen LogP) is 2.42. The predicted molar refractivity (Wildman–Crippen MR) is 81.9 cm³/mol. The van der Waals surface area contributed by atoms with Gasteiger partial charge in [-0.05, 0) is 48.5 Å². The molecule has 2 heterocycles. The Morgan fingerprint density at radius 1 is 1.13 bits per heavy atom. The van der Waals surface area contributed by atoms with Gasteiger partial charge in [-0.25, -0.2) is 14.4 Å². The highest BCUT2D eigenvalue weighted by Gasteiger charge is 2.13. The fourth-order valence-electron chi connectivity index (χ4n) is 2.01. The van der Waals surface area contributed by atoms with E-state index in [0.717, 1.165) is 5.56 Å². The van der Waals surface area contributed by atoms with Gasteiger partial charge in [0.2, 0.25) is 5.95 Å². The first-order chi connectivity index (χ1) is 11.1. The van der Waals surface area contributed by atoms with E-state index in [9.17, 15) is 9.60 Å². The third-order valence-electron chi connectivity index (χ3n) is 3.13. The first kappa shape index (κ1) is 15.1. The van der Waals surface area contributed by atoms with Crippen molar-refractivity contribution < 1.29 is 14.4 Å². The van der Waals surface area contributed by atoms with Crippen LogP contribution >= 0.6 is 0 Å². The van der Waals surface area contributed by atoms with Gasteiger partial charge in [-0.3, -0.25) is 5.21 Å². The zero-order valence-corrected chi connectivity index (χ0v) is 12.3. The highest BCUT2D eigenvalue weighted by atomic mass is 19.1. The van der Waals surface area contributed by atoms with Crippen LogP contribution in [0.4, 0.5) is 10.3 Å². The van der Waals surface area contributed by atoms with Crippen LogP contribution in [0.3, 0.4) is 0 Å². The summed E-state index contributed by atoms with van der Waals surface area (Å²) < 4.78 is 13.0. The largest absolute Gasteiger partial charge is 0.368 e. The minimum absolute atomic E-state index is 0.00772. The van der Waals surface area contributed by atoms with E-state index in [1.165, 1.54) is 12.1 Å². The first-order valence-corrected chi connectivity index (χ1v) is 6.91. The molecule has 3 rings (SSSR count). The maximum atomic E-state index is 13.0. The van der Waals surface area contributed by atoms with Gasteiger partial charge in [0.05, 0.1) is 17.8 Å². The first-order valence-electron chi connectivity index (χ1n) is 6.91. The second kappa shape index (κ2) is 6.11. The summed E-state index contributed by atoms with van der Waals surface area (Å²) in [5.74, 6) is -0.275. The van der Waals surface area contributed by atoms with E-state index in [1.807, 2.05) is 0 Å². The molecular weight excluding hydrogens is 301 g/mol. The summed E-state index contributed by atoms with van der Waals surface area (Å²) in [4.78, 5) is 17.7. The molecule has 23 heavy (non-hydrogen) atoms. The van der Waals surface area contributed by atoms with Gasteiger partial charge >= 0.3 is 0 Å². The number of hydrogen-bond donors (Lipinski definition) is 2. The molecule has 3 N–H and O–H groups in total. The van der Waals surface area contributed by atoms with Gasteiger partial charge in [-0.15, -0.1) is 0 Å². The summed E-state index contributed by atoms with van der Waals surface area (Å²) >= 11 is 0. The Balaban J connectivity index is 2.11. The Morgan fingerprint density at radius 2 is 1.87 bits per heavy atom. The Morgan fingerprint density at radius 3 is 2.57 bits per heavy atom. The number of nitrogen functional groups attached to an aromatic ring is 1. The molecule has 0 bridgehead atoms. The SMILES string of the molecule is CCN(O)Oc1nc(N)nc2ccc(-c3ccc(F)cc3)nc12. The van der Waals surface area contributed by atoms with Crippen molar-refractivity contribution in [1.82, 2.24) is 20.2 Å². The van der Waals surface area contributed by atoms with Crippen LogP contribution in [0.2, 0.25) is 0 Å². The summed E-state index contributed by atoms with van der Waals surface area (Å²) in [5.41, 5.74) is 7.78. The molecule has 0 saturated heterocycles. The van der Waals surface area contributed by atoms with Gasteiger partial charge in [0.15, 0.2) is 5.52 Å². The number of benzene rings is 1. The second-order valence-electron chi connectivity index (χ2n) is 4.72. The van der Waals surface area contributed by atoms with Crippen LogP contribution in [-0.2, 0) is 0 Å². The number of pyridine rings is 1. The summed E-state index contributed by atoms with van der Waals surface area (Å²) in [6, 6.07) is 9.39. The van der Waals surface area contributed by atoms with Gasteiger partial charge in [-0.1, -0.05) is 0 Å². The zero-order valence-electron chi connectivity index (χ0n) is 12.3. The summed E-state index contributed by atoms with van der Waals surface area (Å²) in [6.07, 6.45) is 0. The van der Waals surface area contributed by atoms with Crippen LogP contribution in [0, 0.1) is 5.82 Å². The van der Waals surface area contributed by atoms with Crippen LogP contribution in [0.1, 0.15) is 6.92 Å². The second-order valence-corrected chi connectivity index (χ2v) is 4.72. The number of hydroxylamine groups is 2. The van der Waals surface area contributed by atoms with E-state index in [-0.39, 0.29) is 24.2 Å². The molecule has 2 aromatic heterocycles. The van der Waals surface area contributed by atoms with E-state index < -0.39 is 0 Å². The maximum absolute atomic E-state index is 13.0. The lowest BCUT2D eigenvalue weighted by Crippen LogP contribution is -2.23. The van der Waals surface area contributed by atoms with Crippen molar-refractivity contribution in [2.75, 3.05) is 12.3 Å². The van der Waals surface area contributed by atoms with Crippen LogP contribution in [-0.4, -0.2) is 31.9 Å². The van der Waals surface area contributed by atoms with Gasteiger partial charge < -0.3 is 10.6 Å². The quantitative estimate of drug-likeness (QED) is 0.713. The molecule has 0 atom stereocenters. The molecule has 8 heteroatoms. The number of nitrogens with zero attached hydrogens (tertiary/aromatic N) is 4. The van der Waals surface area contributed by atoms with Crippen molar-refractivity contribution in [2.24, 2.45) is 0 Å². The molecule has 0 amide bonds. The number of hydrogen-bond acceptors (Lipinski definition) is 7. The van der Waals surface area contributed by atoms with Crippen molar-refractivity contribution in [3.8, 4) is 17.1 Å². The van der Waals surface area contributed by atoms with Crippen molar-refractivity contribution in [3.63, 3.8) is 0 Å². The number of halogens is 1. The van der Waals surface area contributed by atoms with Gasteiger partial charge in [0.1, 0.15) is 5.82 Å². The summed E-state index contributed by atoms with van der Waals surface area (Å²) in [5, 5.41) is 10.1. The van der Waals surface area contributed by atoms with Gasteiger partial charge in [-0.2, -0.15) is 4.98 Å². The fraction of sp³-hybridized carbons (Fsp3) is 0.133. The van der Waals surface area contributed by atoms with Gasteiger partial charge in [0, 0.05) is 5.56 Å². The molecule has 0 radical (unpaired) electrons. The van der Waals surface area contributed by atoms with E-state index in [4.69, 9.17) is 10.6 Å². The van der Waals surface area contributed by atoms with E-state index in [1.54, 1.807) is 31.2 Å². The smallest absolute Gasteiger partial charge is 0.272 e. The van der Waals surface area contributed by atoms with Crippen molar-refractivity contribution in [1.29, 1.82) is 0 Å². The monoisotopic (exact) mass is 315 g/mol. The van der Waals surface area contributed by atoms with Crippen molar-refractivity contribution in [3.05, 3.63) is 42.2 Å². The molecule has 3 aromatic rings. The normalized spacial score (nSPS) is 11.1. The molecule has 0 spiro atoms. The van der Waals surface area contributed by atoms with E-state index in [0.29, 0.717) is 22.0 Å². The highest BCUT2D eigenvalue weighted by Crippen LogP contribution is 2.26. The van der Waals surface area contributed by atoms with Crippen LogP contribution < -0.4 is 10.6 Å². The van der Waals surface area contributed by atoms with Crippen LogP contribution in [0.5, 0.6) is 5.88 Å². The van der Waals surface area contributed by atoms with Crippen LogP contribution in [0.25, 0.3) is 22.3 Å². The molecule has 0 aliphatic heterocycles. The minimum atomic E-state index is -0.325. The number of anilines is 1. The van der Waals surface area contributed by atoms with Crippen molar-refractivity contribution >= 4 is 17.0 Å². The lowest BCUT2D eigenvalue weighted by atomic mass is 10.1. The van der Waals surface area contributed by atoms with Gasteiger partial charge in [0.25, 0.3) is 5.88 Å². The molecule has 0 fully saturated rings. The molecule has 0 saturated carbocycles. The average Bonchev–Trinajstić information content (AvgIpc) is 2.55. The molecule has 0 aliphatic rings. The minimum Gasteiger partial charge on any atom is -0.368 e. The number of rotatable bonds is 4. The third-order valence-corrected chi connectivity index (χ3v) is 3.13. The molecule has 118 valence electrons. The Kier molecular flexibility index (Phi) is 4.00. The summed E-state index contributed by atoms with van der Waals surface area (Å²) in [7, 11) is 0. The number of nitrogens with two attached hydrogens (primary N) is 1. The Labute approximate surface area is 131 Å². The standard InChI is InChI=1S/C15H14FN5O2/c1-2-21(22)23-14-13-12(19-15(17)20-14)8-7-11(18-13)9-3-5-10(16)6-4-9/h3-8,22H,2H2,1H3,(H2,17,19,20). The lowest BCUT2D eigenvalue weighted by molar-refractivity contribution is -0.279. The molecule has 7 nitrogen and oxygen atoms in total. The molecule has 0 unspecified atom stereocenters. The molecule has 1 aromatic carbocycles. The lowest BCUT2D eigenvalue weighted by Gasteiger charge is -2.13. The van der Waals surface area contributed by atoms with Crippen LogP contribution in [0.15, 0.2) is 36.4 Å². The van der Waals surface area contributed by atoms with E-state index >= 15 is 0 Å². The maximum Gasteiger partial charge on any atom is 0.272 e. The zero-order chi connectivity index (χ0) is 16.4. The number of fused-ring (bicyclic) bond motifs is 1. The Hall–Kier alpha value is -2.84. The third kappa shape index (κ3) is 3.17. The molecular formula is C15H14FN5O2. The Bertz CT molecular complexity index is 841. The topological polar surface area (TPSA) is 97.4 Å². The number of aromatic nitrogens is 3. The van der Waals surface area contributed by atoms with Crippen molar-refractivity contribution in [2.45, 2.75) is 6.92 Å². The van der Waals surface area contributed by atoms with E-state index in [2.05, 4.69) is 15.0 Å². The highest BCUT2D eigenvalue weighted by molar-refractivity contribution is 5.83. The summed E-state index contributed by atoms with van der Waals surface area (Å²) in [6.45, 7) is 1.92. The molecule has 0 aliphatic carbocycles. The average molecular weight is 315 g/mol. The fourth-order valence-corrected chi connectivity index (χ4v) is 2.01.